The van der Waals surface area contributed by atoms with Gasteiger partial charge in [0, 0.05) is 38.4 Å². The van der Waals surface area contributed by atoms with Crippen molar-refractivity contribution in [2.24, 2.45) is 0 Å². The summed E-state index contributed by atoms with van der Waals surface area (Å²) in [6.07, 6.45) is 0. The first-order chi connectivity index (χ1) is 30.7. The van der Waals surface area contributed by atoms with Gasteiger partial charge in [-0.15, -0.1) is 0 Å². The summed E-state index contributed by atoms with van der Waals surface area (Å²) in [5.41, 5.74) is 17.0. The average molecular weight is 790 g/mol. The second kappa shape index (κ2) is 16.1. The van der Waals surface area contributed by atoms with Gasteiger partial charge in [0.25, 0.3) is 0 Å². The van der Waals surface area contributed by atoms with Gasteiger partial charge in [-0.1, -0.05) is 194 Å². The van der Waals surface area contributed by atoms with Gasteiger partial charge in [-0.25, -0.2) is 15.0 Å². The molecular weight excluding hydrogens is 751 g/mol. The molecule has 290 valence electrons. The molecule has 3 heteroatoms. The molecule has 0 fully saturated rings. The van der Waals surface area contributed by atoms with Gasteiger partial charge in [0.05, 0.1) is 22.6 Å². The van der Waals surface area contributed by atoms with E-state index in [0.717, 1.165) is 94.6 Å². The molecule has 3 nitrogen and oxygen atoms in total. The van der Waals surface area contributed by atoms with Gasteiger partial charge in [-0.2, -0.15) is 0 Å². The van der Waals surface area contributed by atoms with Gasteiger partial charge in [-0.05, 0) is 87.0 Å². The van der Waals surface area contributed by atoms with Crippen LogP contribution in [0.2, 0.25) is 0 Å². The lowest BCUT2D eigenvalue weighted by molar-refractivity contribution is 1.18. The van der Waals surface area contributed by atoms with Crippen LogP contribution in [0.15, 0.2) is 237 Å². The van der Waals surface area contributed by atoms with Crippen LogP contribution in [0.3, 0.4) is 0 Å². The minimum absolute atomic E-state index is 0.685. The third-order valence-corrected chi connectivity index (χ3v) is 11.6. The molecule has 11 rings (SSSR count). The topological polar surface area (TPSA) is 38.7 Å². The SMILES string of the molecule is c1ccc(-c2cc(-c3ccccc3)cc(-c3cc(-c4cccc(-c5cccc(-c6cccc7c(-c8ccccc8)nc8ccccc8c67)c5)c4)nc(-c4ccccc4)n3)c2)cc1. The first-order valence-electron chi connectivity index (χ1n) is 21.0. The maximum atomic E-state index is 5.25. The Morgan fingerprint density at radius 1 is 0.242 bits per heavy atom. The number of hydrogen-bond donors (Lipinski definition) is 0. The Kier molecular flexibility index (Phi) is 9.53. The van der Waals surface area contributed by atoms with Crippen LogP contribution in [0.1, 0.15) is 0 Å². The van der Waals surface area contributed by atoms with E-state index in [1.807, 2.05) is 18.2 Å². The van der Waals surface area contributed by atoms with Crippen LogP contribution in [0.5, 0.6) is 0 Å². The molecule has 0 saturated carbocycles. The van der Waals surface area contributed by atoms with Gasteiger partial charge in [-0.3, -0.25) is 0 Å². The van der Waals surface area contributed by atoms with Crippen molar-refractivity contribution in [1.29, 1.82) is 0 Å². The van der Waals surface area contributed by atoms with Crippen molar-refractivity contribution >= 4 is 21.7 Å². The summed E-state index contributed by atoms with van der Waals surface area (Å²) in [4.78, 5) is 15.7. The number of aromatic nitrogens is 3. The molecule has 0 bridgehead atoms. The highest BCUT2D eigenvalue weighted by molar-refractivity contribution is 6.17. The summed E-state index contributed by atoms with van der Waals surface area (Å²) < 4.78 is 0. The molecule has 0 radical (unpaired) electrons. The molecule has 0 atom stereocenters. The number of rotatable bonds is 8. The average Bonchev–Trinajstić information content (AvgIpc) is 3.36. The van der Waals surface area contributed by atoms with E-state index in [0.29, 0.717) is 5.82 Å². The van der Waals surface area contributed by atoms with E-state index in [4.69, 9.17) is 15.0 Å². The highest BCUT2D eigenvalue weighted by Gasteiger charge is 2.17. The zero-order valence-corrected chi connectivity index (χ0v) is 33.9. The molecule has 0 N–H and O–H groups in total. The number of nitrogens with zero attached hydrogens (tertiary/aromatic N) is 3. The molecule has 0 spiro atoms. The second-order valence-corrected chi connectivity index (χ2v) is 15.6. The Morgan fingerprint density at radius 2 is 0.677 bits per heavy atom. The van der Waals surface area contributed by atoms with Crippen LogP contribution in [0.4, 0.5) is 0 Å². The summed E-state index contributed by atoms with van der Waals surface area (Å²) in [7, 11) is 0. The first kappa shape index (κ1) is 36.8. The summed E-state index contributed by atoms with van der Waals surface area (Å²) in [5, 5.41) is 3.49. The van der Waals surface area contributed by atoms with Crippen molar-refractivity contribution in [3.8, 4) is 89.7 Å². The first-order valence-corrected chi connectivity index (χ1v) is 21.0. The Labute approximate surface area is 361 Å². The highest BCUT2D eigenvalue weighted by atomic mass is 14.9. The van der Waals surface area contributed by atoms with E-state index < -0.39 is 0 Å². The monoisotopic (exact) mass is 789 g/mol. The van der Waals surface area contributed by atoms with E-state index in [2.05, 4.69) is 218 Å². The predicted molar refractivity (Wildman–Crippen MR) is 258 cm³/mol. The van der Waals surface area contributed by atoms with Gasteiger partial charge >= 0.3 is 0 Å². The van der Waals surface area contributed by atoms with E-state index in [1.165, 1.54) is 10.9 Å². The summed E-state index contributed by atoms with van der Waals surface area (Å²) in [6.45, 7) is 0. The van der Waals surface area contributed by atoms with Crippen LogP contribution in [0.25, 0.3) is 111 Å². The van der Waals surface area contributed by atoms with Gasteiger partial charge in [0.1, 0.15) is 0 Å². The third-order valence-electron chi connectivity index (χ3n) is 11.6. The lowest BCUT2D eigenvalue weighted by Crippen LogP contribution is -1.97. The smallest absolute Gasteiger partial charge is 0.160 e. The highest BCUT2D eigenvalue weighted by Crippen LogP contribution is 2.40. The molecule has 2 heterocycles. The molecule has 11 aromatic rings. The quantitative estimate of drug-likeness (QED) is 0.144. The van der Waals surface area contributed by atoms with Gasteiger partial charge in [0.2, 0.25) is 0 Å². The standard InChI is InChI=1S/C59H39N3/c1-5-18-40(19-6-1)48-36-49(41-20-7-2-8-21-41)38-50(37-48)56-39-55(61-59(62-56)43-24-11-4-12-25-43)47-29-16-27-45(35-47)44-26-15-28-46(34-44)51-31-17-32-53-57(51)52-30-13-14-33-54(52)60-58(53)42-22-9-3-10-23-42/h1-39H. The summed E-state index contributed by atoms with van der Waals surface area (Å²) in [5.74, 6) is 0.685. The molecule has 0 aliphatic heterocycles. The fourth-order valence-corrected chi connectivity index (χ4v) is 8.61. The van der Waals surface area contributed by atoms with Crippen LogP contribution in [-0.4, -0.2) is 15.0 Å². The van der Waals surface area contributed by atoms with Crippen LogP contribution in [-0.2, 0) is 0 Å². The largest absolute Gasteiger partial charge is 0.247 e. The van der Waals surface area contributed by atoms with E-state index in [9.17, 15) is 0 Å². The molecule has 0 amide bonds. The van der Waals surface area contributed by atoms with Crippen molar-refractivity contribution in [2.75, 3.05) is 0 Å². The lowest BCUT2D eigenvalue weighted by atomic mass is 9.91. The summed E-state index contributed by atoms with van der Waals surface area (Å²) in [6, 6.07) is 83.5. The van der Waals surface area contributed by atoms with Crippen molar-refractivity contribution in [2.45, 2.75) is 0 Å². The molecule has 0 saturated heterocycles. The number of fused-ring (bicyclic) bond motifs is 3. The Bertz CT molecular complexity index is 3320. The Hall–Kier alpha value is -8.27. The Balaban J connectivity index is 1.04. The molecule has 2 aromatic heterocycles. The summed E-state index contributed by atoms with van der Waals surface area (Å²) >= 11 is 0. The van der Waals surface area contributed by atoms with Crippen molar-refractivity contribution < 1.29 is 0 Å². The number of hydrogen-bond acceptors (Lipinski definition) is 3. The molecule has 0 unspecified atom stereocenters. The van der Waals surface area contributed by atoms with Crippen LogP contribution >= 0.6 is 0 Å². The van der Waals surface area contributed by atoms with Crippen LogP contribution in [0, 0.1) is 0 Å². The molecule has 0 aliphatic carbocycles. The molecular formula is C59H39N3. The molecule has 62 heavy (non-hydrogen) atoms. The lowest BCUT2D eigenvalue weighted by Gasteiger charge is -2.15. The van der Waals surface area contributed by atoms with Gasteiger partial charge < -0.3 is 0 Å². The van der Waals surface area contributed by atoms with E-state index >= 15 is 0 Å². The fourth-order valence-electron chi connectivity index (χ4n) is 8.61. The van der Waals surface area contributed by atoms with Crippen molar-refractivity contribution in [3.63, 3.8) is 0 Å². The number of benzene rings is 9. The molecule has 0 aliphatic rings. The normalized spacial score (nSPS) is 11.2. The Morgan fingerprint density at radius 3 is 1.32 bits per heavy atom. The number of pyridine rings is 1. The maximum Gasteiger partial charge on any atom is 0.160 e. The number of para-hydroxylation sites is 1. The van der Waals surface area contributed by atoms with E-state index in [-0.39, 0.29) is 0 Å². The van der Waals surface area contributed by atoms with Gasteiger partial charge in [0.15, 0.2) is 5.82 Å². The van der Waals surface area contributed by atoms with Crippen LogP contribution < -0.4 is 0 Å². The molecule has 9 aromatic carbocycles. The zero-order valence-electron chi connectivity index (χ0n) is 33.9. The third kappa shape index (κ3) is 7.12. The second-order valence-electron chi connectivity index (χ2n) is 15.6. The van der Waals surface area contributed by atoms with Crippen molar-refractivity contribution in [1.82, 2.24) is 15.0 Å². The minimum Gasteiger partial charge on any atom is -0.247 e. The maximum absolute atomic E-state index is 5.25. The fraction of sp³-hybridized carbons (Fsp3) is 0. The van der Waals surface area contributed by atoms with E-state index in [1.54, 1.807) is 0 Å². The predicted octanol–water partition coefficient (Wildman–Crippen LogP) is 15.5. The minimum atomic E-state index is 0.685. The van der Waals surface area contributed by atoms with Crippen molar-refractivity contribution in [3.05, 3.63) is 237 Å². The zero-order chi connectivity index (χ0) is 41.2.